The minimum Gasteiger partial charge on any atom is -0.469 e. The molecular weight excluding hydrogens is 348 g/mol. The van der Waals surface area contributed by atoms with Gasteiger partial charge in [0.2, 0.25) is 0 Å². The van der Waals surface area contributed by atoms with Crippen LogP contribution in [-0.2, 0) is 6.42 Å². The lowest BCUT2D eigenvalue weighted by molar-refractivity contribution is 0.213. The van der Waals surface area contributed by atoms with Gasteiger partial charge in [-0.05, 0) is 36.4 Å². The minimum absolute atomic E-state index is 0.0277. The smallest absolute Gasteiger partial charge is 0.324 e. The van der Waals surface area contributed by atoms with Crippen molar-refractivity contribution in [1.29, 1.82) is 0 Å². The van der Waals surface area contributed by atoms with Crippen molar-refractivity contribution in [2.75, 3.05) is 43.5 Å². The second-order valence-electron chi connectivity index (χ2n) is 6.57. The zero-order chi connectivity index (χ0) is 19.2. The fourth-order valence-electron chi connectivity index (χ4n) is 2.94. The van der Waals surface area contributed by atoms with Gasteiger partial charge in [0.25, 0.3) is 0 Å². The summed E-state index contributed by atoms with van der Waals surface area (Å²) in [5.41, 5.74) is 1.43. The molecule has 3 N–H and O–H groups in total. The molecule has 4 amide bonds. The molecule has 0 aliphatic carbocycles. The Morgan fingerprint density at radius 1 is 1.26 bits per heavy atom. The SMILES string of the molecule is CN1CCN(c2ccc(NC(=O)NCC(CO)Cc3ccco3)cc2)C1=O. The maximum atomic E-state index is 12.1. The lowest BCUT2D eigenvalue weighted by atomic mass is 10.1. The number of nitrogens with one attached hydrogen (secondary N) is 2. The topological polar surface area (TPSA) is 98.1 Å². The number of urea groups is 2. The van der Waals surface area contributed by atoms with E-state index in [-0.39, 0.29) is 24.6 Å². The fourth-order valence-corrected chi connectivity index (χ4v) is 2.94. The predicted octanol–water partition coefficient (Wildman–Crippen LogP) is 2.12. The van der Waals surface area contributed by atoms with Crippen LogP contribution in [0.15, 0.2) is 47.1 Å². The molecule has 1 aliphatic heterocycles. The summed E-state index contributed by atoms with van der Waals surface area (Å²) in [7, 11) is 1.77. The van der Waals surface area contributed by atoms with Gasteiger partial charge in [0.05, 0.1) is 6.26 Å². The Balaban J connectivity index is 1.48. The summed E-state index contributed by atoms with van der Waals surface area (Å²) in [6.45, 7) is 1.63. The number of likely N-dealkylation sites (N-methyl/N-ethyl adjacent to an activating group) is 1. The second-order valence-corrected chi connectivity index (χ2v) is 6.57. The fraction of sp³-hybridized carbons (Fsp3) is 0.368. The van der Waals surface area contributed by atoms with Crippen molar-refractivity contribution >= 4 is 23.4 Å². The summed E-state index contributed by atoms with van der Waals surface area (Å²) in [4.78, 5) is 27.4. The molecule has 144 valence electrons. The first-order valence-electron chi connectivity index (χ1n) is 8.87. The van der Waals surface area contributed by atoms with E-state index >= 15 is 0 Å². The van der Waals surface area contributed by atoms with Gasteiger partial charge in [0, 0.05) is 57.0 Å². The molecule has 1 fully saturated rings. The number of furan rings is 1. The normalized spacial score (nSPS) is 15.1. The Kier molecular flexibility index (Phi) is 5.97. The standard InChI is InChI=1S/C19H24N4O4/c1-22-8-9-23(19(22)26)16-6-4-15(5-7-16)21-18(25)20-12-14(13-24)11-17-3-2-10-27-17/h2-7,10,14,24H,8-9,11-13H2,1H3,(H2,20,21,25). The third kappa shape index (κ3) is 4.79. The number of aliphatic hydroxyl groups excluding tert-OH is 1. The van der Waals surface area contributed by atoms with E-state index in [0.717, 1.165) is 11.4 Å². The van der Waals surface area contributed by atoms with Crippen LogP contribution in [0.4, 0.5) is 21.0 Å². The number of rotatable bonds is 7. The molecule has 2 heterocycles. The Morgan fingerprint density at radius 3 is 2.63 bits per heavy atom. The predicted molar refractivity (Wildman–Crippen MR) is 102 cm³/mol. The zero-order valence-corrected chi connectivity index (χ0v) is 15.2. The molecule has 1 aromatic heterocycles. The molecular formula is C19H24N4O4. The molecule has 0 radical (unpaired) electrons. The Morgan fingerprint density at radius 2 is 2.04 bits per heavy atom. The number of aliphatic hydroxyl groups is 1. The van der Waals surface area contributed by atoms with Gasteiger partial charge in [-0.3, -0.25) is 4.90 Å². The van der Waals surface area contributed by atoms with Crippen molar-refractivity contribution < 1.29 is 19.1 Å². The maximum absolute atomic E-state index is 12.1. The number of hydrogen-bond donors (Lipinski definition) is 3. The van der Waals surface area contributed by atoms with Crippen molar-refractivity contribution in [3.63, 3.8) is 0 Å². The highest BCUT2D eigenvalue weighted by Crippen LogP contribution is 2.21. The highest BCUT2D eigenvalue weighted by molar-refractivity contribution is 5.94. The first-order chi connectivity index (χ1) is 13.1. The largest absolute Gasteiger partial charge is 0.469 e. The third-order valence-corrected chi connectivity index (χ3v) is 4.53. The number of anilines is 2. The number of hydrogen-bond acceptors (Lipinski definition) is 4. The average Bonchev–Trinajstić information content (AvgIpc) is 3.30. The Hall–Kier alpha value is -3.00. The highest BCUT2D eigenvalue weighted by Gasteiger charge is 2.26. The molecule has 0 saturated carbocycles. The van der Waals surface area contributed by atoms with E-state index in [0.29, 0.717) is 31.7 Å². The van der Waals surface area contributed by atoms with E-state index in [1.807, 2.05) is 6.07 Å². The van der Waals surface area contributed by atoms with E-state index in [4.69, 9.17) is 4.42 Å². The van der Waals surface area contributed by atoms with E-state index in [2.05, 4.69) is 10.6 Å². The van der Waals surface area contributed by atoms with Crippen molar-refractivity contribution in [1.82, 2.24) is 10.2 Å². The molecule has 0 bridgehead atoms. The Labute approximate surface area is 157 Å². The van der Waals surface area contributed by atoms with Crippen molar-refractivity contribution in [2.24, 2.45) is 5.92 Å². The zero-order valence-electron chi connectivity index (χ0n) is 15.2. The summed E-state index contributed by atoms with van der Waals surface area (Å²) >= 11 is 0. The summed E-state index contributed by atoms with van der Waals surface area (Å²) in [6, 6.07) is 10.4. The molecule has 27 heavy (non-hydrogen) atoms. The summed E-state index contributed by atoms with van der Waals surface area (Å²) in [6.07, 6.45) is 2.14. The Bertz CT molecular complexity index is 761. The molecule has 1 aliphatic rings. The van der Waals surface area contributed by atoms with Crippen LogP contribution in [-0.4, -0.2) is 55.4 Å². The van der Waals surface area contributed by atoms with E-state index < -0.39 is 0 Å². The van der Waals surface area contributed by atoms with Crippen LogP contribution in [0.1, 0.15) is 5.76 Å². The summed E-state index contributed by atoms with van der Waals surface area (Å²) in [5, 5.41) is 15.0. The number of nitrogens with zero attached hydrogens (tertiary/aromatic N) is 2. The van der Waals surface area contributed by atoms with Crippen LogP contribution in [0.3, 0.4) is 0 Å². The molecule has 1 aromatic carbocycles. The second kappa shape index (κ2) is 8.59. The van der Waals surface area contributed by atoms with Gasteiger partial charge in [0.1, 0.15) is 5.76 Å². The number of benzene rings is 1. The van der Waals surface area contributed by atoms with Gasteiger partial charge in [-0.15, -0.1) is 0 Å². The molecule has 1 unspecified atom stereocenters. The van der Waals surface area contributed by atoms with Gasteiger partial charge < -0.3 is 25.1 Å². The van der Waals surface area contributed by atoms with Crippen LogP contribution >= 0.6 is 0 Å². The third-order valence-electron chi connectivity index (χ3n) is 4.53. The first kappa shape index (κ1) is 18.8. The van der Waals surface area contributed by atoms with Gasteiger partial charge >= 0.3 is 12.1 Å². The maximum Gasteiger partial charge on any atom is 0.324 e. The van der Waals surface area contributed by atoms with Crippen LogP contribution in [0.2, 0.25) is 0 Å². The molecule has 0 spiro atoms. The van der Waals surface area contributed by atoms with E-state index in [1.54, 1.807) is 53.4 Å². The number of carbonyl (C=O) groups is 2. The van der Waals surface area contributed by atoms with Crippen molar-refractivity contribution in [3.8, 4) is 0 Å². The van der Waals surface area contributed by atoms with E-state index in [1.165, 1.54) is 0 Å². The van der Waals surface area contributed by atoms with Gasteiger partial charge in [0.15, 0.2) is 0 Å². The molecule has 8 nitrogen and oxygen atoms in total. The highest BCUT2D eigenvalue weighted by atomic mass is 16.3. The van der Waals surface area contributed by atoms with Crippen molar-refractivity contribution in [3.05, 3.63) is 48.4 Å². The average molecular weight is 372 g/mol. The number of carbonyl (C=O) groups excluding carboxylic acids is 2. The molecule has 3 rings (SSSR count). The quantitative estimate of drug-likeness (QED) is 0.693. The van der Waals surface area contributed by atoms with Crippen LogP contribution in [0.25, 0.3) is 0 Å². The minimum atomic E-state index is -0.349. The van der Waals surface area contributed by atoms with Gasteiger partial charge in [-0.2, -0.15) is 0 Å². The number of amides is 4. The van der Waals surface area contributed by atoms with Crippen LogP contribution in [0, 0.1) is 5.92 Å². The molecule has 1 atom stereocenters. The van der Waals surface area contributed by atoms with Gasteiger partial charge in [-0.25, -0.2) is 9.59 Å². The van der Waals surface area contributed by atoms with Crippen LogP contribution in [0.5, 0.6) is 0 Å². The molecule has 2 aromatic rings. The van der Waals surface area contributed by atoms with E-state index in [9.17, 15) is 14.7 Å². The lowest BCUT2D eigenvalue weighted by Gasteiger charge is -2.17. The van der Waals surface area contributed by atoms with Crippen molar-refractivity contribution in [2.45, 2.75) is 6.42 Å². The summed E-state index contributed by atoms with van der Waals surface area (Å²) < 4.78 is 5.27. The monoisotopic (exact) mass is 372 g/mol. The molecule has 1 saturated heterocycles. The van der Waals surface area contributed by atoms with Gasteiger partial charge in [-0.1, -0.05) is 0 Å². The van der Waals surface area contributed by atoms with Crippen LogP contribution < -0.4 is 15.5 Å². The lowest BCUT2D eigenvalue weighted by Crippen LogP contribution is -2.35. The molecule has 8 heteroatoms. The summed E-state index contributed by atoms with van der Waals surface area (Å²) in [5.74, 6) is 0.649. The first-order valence-corrected chi connectivity index (χ1v) is 8.87.